The first-order chi connectivity index (χ1) is 12.5. The van der Waals surface area contributed by atoms with Gasteiger partial charge in [-0.2, -0.15) is 0 Å². The normalized spacial score (nSPS) is 10.3. The van der Waals surface area contributed by atoms with Crippen LogP contribution in [0.4, 0.5) is 5.69 Å². The Morgan fingerprint density at radius 1 is 1.04 bits per heavy atom. The van der Waals surface area contributed by atoms with E-state index in [1.54, 1.807) is 4.90 Å². The number of hydrogen-bond donors (Lipinski definition) is 1. The van der Waals surface area contributed by atoms with Crippen molar-refractivity contribution in [1.29, 1.82) is 0 Å². The molecule has 2 aromatic rings. The number of carbonyl (C=O) groups is 2. The molecule has 0 aromatic heterocycles. The van der Waals surface area contributed by atoms with Gasteiger partial charge in [0.05, 0.1) is 13.0 Å². The minimum absolute atomic E-state index is 0.0464. The van der Waals surface area contributed by atoms with E-state index >= 15 is 0 Å². The molecule has 5 nitrogen and oxygen atoms in total. The fraction of sp³-hybridized carbons (Fsp3) is 0.333. The van der Waals surface area contributed by atoms with E-state index in [1.807, 2.05) is 62.4 Å². The lowest BCUT2D eigenvalue weighted by Gasteiger charge is -2.22. The van der Waals surface area contributed by atoms with Crippen molar-refractivity contribution in [1.82, 2.24) is 5.32 Å². The predicted molar refractivity (Wildman–Crippen MR) is 104 cm³/mol. The molecule has 0 spiro atoms. The molecule has 2 aromatic carbocycles. The molecule has 0 unspecified atom stereocenters. The van der Waals surface area contributed by atoms with Crippen LogP contribution in [0.2, 0.25) is 0 Å². The lowest BCUT2D eigenvalue weighted by atomic mass is 10.1. The van der Waals surface area contributed by atoms with Crippen molar-refractivity contribution in [3.63, 3.8) is 0 Å². The Morgan fingerprint density at radius 3 is 2.42 bits per heavy atom. The fourth-order valence-corrected chi connectivity index (χ4v) is 2.54. The maximum absolute atomic E-state index is 11.9. The molecule has 0 bridgehead atoms. The molecule has 2 amide bonds. The number of rotatable bonds is 8. The average Bonchev–Trinajstić information content (AvgIpc) is 2.62. The molecule has 0 fully saturated rings. The zero-order chi connectivity index (χ0) is 18.9. The highest BCUT2D eigenvalue weighted by molar-refractivity contribution is 5.91. The third kappa shape index (κ3) is 5.92. The Morgan fingerprint density at radius 2 is 1.77 bits per heavy atom. The lowest BCUT2D eigenvalue weighted by Crippen LogP contribution is -2.37. The highest BCUT2D eigenvalue weighted by Crippen LogP contribution is 2.18. The van der Waals surface area contributed by atoms with Crippen LogP contribution in [-0.2, 0) is 9.59 Å². The standard InChI is InChI=1S/C21H26N2O3/c1-16-9-10-19(15-17(16)2)23(18(3)24)13-12-22-21(25)11-14-26-20-7-5-4-6-8-20/h4-10,15H,11-14H2,1-3H3,(H,22,25). The molecule has 26 heavy (non-hydrogen) atoms. The second-order valence-electron chi connectivity index (χ2n) is 6.20. The Bertz CT molecular complexity index is 744. The highest BCUT2D eigenvalue weighted by atomic mass is 16.5. The van der Waals surface area contributed by atoms with E-state index in [2.05, 4.69) is 5.32 Å². The summed E-state index contributed by atoms with van der Waals surface area (Å²) in [5.41, 5.74) is 3.17. The average molecular weight is 354 g/mol. The van der Waals surface area contributed by atoms with Crippen LogP contribution in [0.25, 0.3) is 0 Å². The number of nitrogens with zero attached hydrogens (tertiary/aromatic N) is 1. The van der Waals surface area contributed by atoms with Crippen LogP contribution in [0.1, 0.15) is 24.5 Å². The number of carbonyl (C=O) groups excluding carboxylic acids is 2. The molecule has 0 aliphatic carbocycles. The van der Waals surface area contributed by atoms with E-state index < -0.39 is 0 Å². The summed E-state index contributed by atoms with van der Waals surface area (Å²) in [5, 5.41) is 2.84. The molecule has 2 rings (SSSR count). The number of amides is 2. The first kappa shape index (κ1) is 19.5. The van der Waals surface area contributed by atoms with Crippen LogP contribution in [0.5, 0.6) is 5.75 Å². The van der Waals surface area contributed by atoms with Crippen LogP contribution in [0.15, 0.2) is 48.5 Å². The van der Waals surface area contributed by atoms with E-state index in [9.17, 15) is 9.59 Å². The minimum Gasteiger partial charge on any atom is -0.493 e. The number of aryl methyl sites for hydroxylation is 2. The monoisotopic (exact) mass is 354 g/mol. The number of ether oxygens (including phenoxy) is 1. The van der Waals surface area contributed by atoms with Gasteiger partial charge >= 0.3 is 0 Å². The number of benzene rings is 2. The summed E-state index contributed by atoms with van der Waals surface area (Å²) >= 11 is 0. The highest BCUT2D eigenvalue weighted by Gasteiger charge is 2.12. The molecule has 138 valence electrons. The zero-order valence-corrected chi connectivity index (χ0v) is 15.6. The van der Waals surface area contributed by atoms with Gasteiger partial charge in [-0.25, -0.2) is 0 Å². The van der Waals surface area contributed by atoms with Gasteiger partial charge in [-0.3, -0.25) is 9.59 Å². The fourth-order valence-electron chi connectivity index (χ4n) is 2.54. The van der Waals surface area contributed by atoms with Gasteiger partial charge in [0.2, 0.25) is 11.8 Å². The van der Waals surface area contributed by atoms with E-state index in [0.717, 1.165) is 17.0 Å². The van der Waals surface area contributed by atoms with Gasteiger partial charge in [-0.15, -0.1) is 0 Å². The topological polar surface area (TPSA) is 58.6 Å². The third-order valence-electron chi connectivity index (χ3n) is 4.18. The molecule has 0 saturated carbocycles. The molecule has 0 aliphatic rings. The second-order valence-corrected chi connectivity index (χ2v) is 6.20. The summed E-state index contributed by atoms with van der Waals surface area (Å²) in [5.74, 6) is 0.609. The molecular formula is C21H26N2O3. The second kappa shape index (κ2) is 9.61. The van der Waals surface area contributed by atoms with Gasteiger partial charge in [0, 0.05) is 25.7 Å². The Kier molecular flexibility index (Phi) is 7.21. The zero-order valence-electron chi connectivity index (χ0n) is 15.6. The minimum atomic E-state index is -0.0930. The predicted octanol–water partition coefficient (Wildman–Crippen LogP) is 3.24. The van der Waals surface area contributed by atoms with Crippen LogP contribution < -0.4 is 15.0 Å². The smallest absolute Gasteiger partial charge is 0.223 e. The summed E-state index contributed by atoms with van der Waals surface area (Å²) < 4.78 is 5.51. The van der Waals surface area contributed by atoms with Crippen LogP contribution >= 0.6 is 0 Å². The first-order valence-corrected chi connectivity index (χ1v) is 8.77. The largest absolute Gasteiger partial charge is 0.493 e. The maximum atomic E-state index is 11.9. The first-order valence-electron chi connectivity index (χ1n) is 8.77. The molecule has 1 N–H and O–H groups in total. The summed E-state index contributed by atoms with van der Waals surface area (Å²) in [7, 11) is 0. The quantitative estimate of drug-likeness (QED) is 0.792. The van der Waals surface area contributed by atoms with Crippen LogP contribution in [-0.4, -0.2) is 31.5 Å². The van der Waals surface area contributed by atoms with Gasteiger partial charge in [-0.05, 0) is 49.2 Å². The molecular weight excluding hydrogens is 328 g/mol. The van der Waals surface area contributed by atoms with Gasteiger partial charge in [-0.1, -0.05) is 24.3 Å². The van der Waals surface area contributed by atoms with Crippen molar-refractivity contribution in [2.45, 2.75) is 27.2 Å². The Labute approximate surface area is 155 Å². The van der Waals surface area contributed by atoms with Gasteiger partial charge in [0.25, 0.3) is 0 Å². The number of anilines is 1. The van der Waals surface area contributed by atoms with Crippen LogP contribution in [0.3, 0.4) is 0 Å². The summed E-state index contributed by atoms with van der Waals surface area (Å²) in [6, 6.07) is 15.3. The van der Waals surface area contributed by atoms with Crippen molar-refractivity contribution in [2.24, 2.45) is 0 Å². The van der Waals surface area contributed by atoms with Gasteiger partial charge in [0.1, 0.15) is 5.75 Å². The summed E-state index contributed by atoms with van der Waals surface area (Å²) in [6.45, 7) is 6.74. The molecule has 0 aliphatic heterocycles. The maximum Gasteiger partial charge on any atom is 0.223 e. The van der Waals surface area contributed by atoms with Crippen molar-refractivity contribution in [3.8, 4) is 5.75 Å². The molecule has 0 heterocycles. The van der Waals surface area contributed by atoms with E-state index in [4.69, 9.17) is 4.74 Å². The van der Waals surface area contributed by atoms with Crippen molar-refractivity contribution < 1.29 is 14.3 Å². The van der Waals surface area contributed by atoms with Crippen molar-refractivity contribution >= 4 is 17.5 Å². The van der Waals surface area contributed by atoms with Crippen molar-refractivity contribution in [3.05, 3.63) is 59.7 Å². The molecule has 5 heteroatoms. The van der Waals surface area contributed by atoms with Gasteiger partial charge in [0.15, 0.2) is 0 Å². The lowest BCUT2D eigenvalue weighted by molar-refractivity contribution is -0.122. The van der Waals surface area contributed by atoms with Crippen LogP contribution in [0, 0.1) is 13.8 Å². The SMILES string of the molecule is CC(=O)N(CCNC(=O)CCOc1ccccc1)c1ccc(C)c(C)c1. The van der Waals surface area contributed by atoms with Gasteiger partial charge < -0.3 is 15.0 Å². The van der Waals surface area contributed by atoms with Crippen molar-refractivity contribution in [2.75, 3.05) is 24.6 Å². The van der Waals surface area contributed by atoms with E-state index in [-0.39, 0.29) is 18.2 Å². The number of para-hydroxylation sites is 1. The molecule has 0 radical (unpaired) electrons. The molecule has 0 saturated heterocycles. The third-order valence-corrected chi connectivity index (χ3v) is 4.18. The Balaban J connectivity index is 1.77. The summed E-state index contributed by atoms with van der Waals surface area (Å²) in [4.78, 5) is 25.5. The molecule has 0 atom stereocenters. The summed E-state index contributed by atoms with van der Waals surface area (Å²) in [6.07, 6.45) is 0.276. The number of nitrogens with one attached hydrogen (secondary N) is 1. The number of hydrogen-bond acceptors (Lipinski definition) is 3. The van der Waals surface area contributed by atoms with E-state index in [0.29, 0.717) is 19.7 Å². The van der Waals surface area contributed by atoms with E-state index in [1.165, 1.54) is 12.5 Å². The Hall–Kier alpha value is -2.82.